The topological polar surface area (TPSA) is 52.7 Å². The second-order valence-corrected chi connectivity index (χ2v) is 7.88. The summed E-state index contributed by atoms with van der Waals surface area (Å²) in [6, 6.07) is 6.15. The molecule has 0 bridgehead atoms. The third-order valence-corrected chi connectivity index (χ3v) is 5.02. The Hall–Kier alpha value is -2.04. The summed E-state index contributed by atoms with van der Waals surface area (Å²) in [6.07, 6.45) is 2.88. The number of carbonyl (C=O) groups excluding carboxylic acids is 2. The van der Waals surface area contributed by atoms with Gasteiger partial charge in [-0.15, -0.1) is 0 Å². The Balaban J connectivity index is 2.30. The smallest absolute Gasteiger partial charge is 0.227 e. The van der Waals surface area contributed by atoms with Crippen LogP contribution in [0.2, 0.25) is 0 Å². The van der Waals surface area contributed by atoms with Crippen LogP contribution in [0.15, 0.2) is 18.2 Å². The van der Waals surface area contributed by atoms with E-state index < -0.39 is 0 Å². The van der Waals surface area contributed by atoms with E-state index in [1.807, 2.05) is 51.0 Å². The van der Waals surface area contributed by atoms with E-state index >= 15 is 0 Å². The van der Waals surface area contributed by atoms with Crippen LogP contribution in [0.4, 0.5) is 11.4 Å². The Morgan fingerprint density at radius 1 is 1.19 bits per heavy atom. The fourth-order valence-corrected chi connectivity index (χ4v) is 3.00. The van der Waals surface area contributed by atoms with Crippen molar-refractivity contribution in [3.8, 4) is 0 Å². The summed E-state index contributed by atoms with van der Waals surface area (Å²) >= 11 is 0. The summed E-state index contributed by atoms with van der Waals surface area (Å²) in [6.45, 7) is 8.62. The van der Waals surface area contributed by atoms with Gasteiger partial charge in [0.15, 0.2) is 0 Å². The standard InChI is InChI=1S/C21H33N3O2/c1-7-15(4)24(21(26)14(2)3)13-17-12-18(10-11-19(17)23(5)6)22-20(25)16-8-9-16/h10-12,14-16H,7-9,13H2,1-6H3,(H,22,25). The molecule has 1 aliphatic carbocycles. The summed E-state index contributed by atoms with van der Waals surface area (Å²) in [5, 5.41) is 3.02. The summed E-state index contributed by atoms with van der Waals surface area (Å²) in [7, 11) is 4.00. The van der Waals surface area contributed by atoms with E-state index in [2.05, 4.69) is 24.1 Å². The lowest BCUT2D eigenvalue weighted by Crippen LogP contribution is -2.40. The maximum absolute atomic E-state index is 12.7. The van der Waals surface area contributed by atoms with Gasteiger partial charge in [0.1, 0.15) is 0 Å². The largest absolute Gasteiger partial charge is 0.377 e. The molecule has 2 rings (SSSR count). The van der Waals surface area contributed by atoms with Crippen LogP contribution in [0, 0.1) is 11.8 Å². The molecular formula is C21H33N3O2. The molecule has 1 unspecified atom stereocenters. The minimum atomic E-state index is -0.0374. The fraction of sp³-hybridized carbons (Fsp3) is 0.619. The molecule has 0 aromatic heterocycles. The Morgan fingerprint density at radius 2 is 1.85 bits per heavy atom. The van der Waals surface area contributed by atoms with E-state index in [-0.39, 0.29) is 29.7 Å². The molecule has 1 N–H and O–H groups in total. The second kappa shape index (κ2) is 8.56. The zero-order valence-corrected chi connectivity index (χ0v) is 17.0. The maximum atomic E-state index is 12.7. The zero-order chi connectivity index (χ0) is 19.4. The highest BCUT2D eigenvalue weighted by molar-refractivity contribution is 5.94. The van der Waals surface area contributed by atoms with Gasteiger partial charge in [0.05, 0.1) is 0 Å². The van der Waals surface area contributed by atoms with Crippen molar-refractivity contribution >= 4 is 23.2 Å². The molecule has 1 aliphatic rings. The first-order valence-corrected chi connectivity index (χ1v) is 9.66. The minimum Gasteiger partial charge on any atom is -0.377 e. The normalized spacial score (nSPS) is 14.9. The van der Waals surface area contributed by atoms with Crippen LogP contribution in [0.3, 0.4) is 0 Å². The van der Waals surface area contributed by atoms with E-state index in [1.54, 1.807) is 0 Å². The number of carbonyl (C=O) groups is 2. The molecule has 5 nitrogen and oxygen atoms in total. The molecule has 26 heavy (non-hydrogen) atoms. The van der Waals surface area contributed by atoms with Crippen LogP contribution in [-0.4, -0.2) is 36.9 Å². The van der Waals surface area contributed by atoms with Gasteiger partial charge in [-0.25, -0.2) is 0 Å². The fourth-order valence-electron chi connectivity index (χ4n) is 3.00. The van der Waals surface area contributed by atoms with Crippen LogP contribution in [0.1, 0.15) is 52.5 Å². The molecule has 1 aromatic carbocycles. The maximum Gasteiger partial charge on any atom is 0.227 e. The average molecular weight is 360 g/mol. The van der Waals surface area contributed by atoms with Crippen molar-refractivity contribution < 1.29 is 9.59 Å². The number of hydrogen-bond acceptors (Lipinski definition) is 3. The van der Waals surface area contributed by atoms with E-state index in [9.17, 15) is 9.59 Å². The summed E-state index contributed by atoms with van der Waals surface area (Å²) in [4.78, 5) is 28.8. The molecule has 0 spiro atoms. The monoisotopic (exact) mass is 359 g/mol. The predicted molar refractivity (Wildman–Crippen MR) is 107 cm³/mol. The number of amides is 2. The lowest BCUT2D eigenvalue weighted by atomic mass is 10.1. The van der Waals surface area contributed by atoms with Crippen molar-refractivity contribution in [1.29, 1.82) is 0 Å². The molecule has 0 saturated heterocycles. The molecule has 1 fully saturated rings. The minimum absolute atomic E-state index is 0.0374. The van der Waals surface area contributed by atoms with Crippen molar-refractivity contribution in [2.24, 2.45) is 11.8 Å². The van der Waals surface area contributed by atoms with E-state index in [1.165, 1.54) is 0 Å². The van der Waals surface area contributed by atoms with Crippen molar-refractivity contribution in [2.45, 2.75) is 59.5 Å². The van der Waals surface area contributed by atoms with Gasteiger partial charge in [-0.3, -0.25) is 9.59 Å². The molecule has 1 atom stereocenters. The number of rotatable bonds is 8. The van der Waals surface area contributed by atoms with Gasteiger partial charge in [0, 0.05) is 49.9 Å². The van der Waals surface area contributed by atoms with Crippen molar-refractivity contribution in [1.82, 2.24) is 4.90 Å². The van der Waals surface area contributed by atoms with Gasteiger partial charge in [-0.1, -0.05) is 20.8 Å². The molecule has 5 heteroatoms. The first-order valence-electron chi connectivity index (χ1n) is 9.66. The highest BCUT2D eigenvalue weighted by atomic mass is 16.2. The Labute approximate surface area is 157 Å². The molecule has 0 heterocycles. The molecule has 144 valence electrons. The van der Waals surface area contributed by atoms with E-state index in [4.69, 9.17) is 0 Å². The number of nitrogens with zero attached hydrogens (tertiary/aromatic N) is 2. The Kier molecular flexibility index (Phi) is 6.68. The highest BCUT2D eigenvalue weighted by Crippen LogP contribution is 2.31. The van der Waals surface area contributed by atoms with Gasteiger partial charge in [0.2, 0.25) is 11.8 Å². The molecular weight excluding hydrogens is 326 g/mol. The first-order chi connectivity index (χ1) is 12.2. The quantitative estimate of drug-likeness (QED) is 0.766. The summed E-state index contributed by atoms with van der Waals surface area (Å²) in [5.74, 6) is 0.401. The van der Waals surface area contributed by atoms with Gasteiger partial charge < -0.3 is 15.1 Å². The highest BCUT2D eigenvalue weighted by Gasteiger charge is 2.30. The Morgan fingerprint density at radius 3 is 2.35 bits per heavy atom. The number of anilines is 2. The van der Waals surface area contributed by atoms with Crippen molar-refractivity contribution in [2.75, 3.05) is 24.3 Å². The predicted octanol–water partition coefficient (Wildman–Crippen LogP) is 3.88. The van der Waals surface area contributed by atoms with Crippen LogP contribution in [-0.2, 0) is 16.1 Å². The summed E-state index contributed by atoms with van der Waals surface area (Å²) < 4.78 is 0. The number of benzene rings is 1. The van der Waals surface area contributed by atoms with Crippen LogP contribution in [0.5, 0.6) is 0 Å². The molecule has 2 amide bonds. The van der Waals surface area contributed by atoms with Crippen molar-refractivity contribution in [3.63, 3.8) is 0 Å². The molecule has 1 aromatic rings. The van der Waals surface area contributed by atoms with Crippen LogP contribution < -0.4 is 10.2 Å². The zero-order valence-electron chi connectivity index (χ0n) is 17.0. The average Bonchev–Trinajstić information content (AvgIpc) is 3.43. The van der Waals surface area contributed by atoms with Crippen molar-refractivity contribution in [3.05, 3.63) is 23.8 Å². The van der Waals surface area contributed by atoms with Gasteiger partial charge in [-0.2, -0.15) is 0 Å². The van der Waals surface area contributed by atoms with E-state index in [0.29, 0.717) is 6.54 Å². The van der Waals surface area contributed by atoms with Gasteiger partial charge >= 0.3 is 0 Å². The lowest BCUT2D eigenvalue weighted by Gasteiger charge is -2.32. The van der Waals surface area contributed by atoms with Crippen LogP contribution >= 0.6 is 0 Å². The SMILES string of the molecule is CCC(C)N(Cc1cc(NC(=O)C2CC2)ccc1N(C)C)C(=O)C(C)C. The lowest BCUT2D eigenvalue weighted by molar-refractivity contribution is -0.137. The van der Waals surface area contributed by atoms with Crippen LogP contribution in [0.25, 0.3) is 0 Å². The Bertz CT molecular complexity index is 651. The van der Waals surface area contributed by atoms with Gasteiger partial charge in [0.25, 0.3) is 0 Å². The number of nitrogens with one attached hydrogen (secondary N) is 1. The first kappa shape index (κ1) is 20.3. The van der Waals surface area contributed by atoms with Gasteiger partial charge in [-0.05, 0) is 49.9 Å². The number of hydrogen-bond donors (Lipinski definition) is 1. The second-order valence-electron chi connectivity index (χ2n) is 7.88. The molecule has 0 aliphatic heterocycles. The molecule has 1 saturated carbocycles. The third kappa shape index (κ3) is 4.99. The third-order valence-electron chi connectivity index (χ3n) is 5.02. The van der Waals surface area contributed by atoms with E-state index in [0.717, 1.165) is 36.2 Å². The summed E-state index contributed by atoms with van der Waals surface area (Å²) in [5.41, 5.74) is 2.93. The molecule has 0 radical (unpaired) electrons.